The topological polar surface area (TPSA) is 20.2 Å². The largest absolute Gasteiger partial charge is 0.392 e. The third-order valence-electron chi connectivity index (χ3n) is 6.48. The Morgan fingerprint density at radius 1 is 0.704 bits per heavy atom. The van der Waals surface area contributed by atoms with Crippen molar-refractivity contribution in [3.63, 3.8) is 0 Å². The SMILES string of the molecule is CCCc1ccc(CC[C@H]2CC[C@H](CCc3ccccc3CO)CC2)cc1. The van der Waals surface area contributed by atoms with Gasteiger partial charge in [0, 0.05) is 0 Å². The number of hydrogen-bond donors (Lipinski definition) is 1. The Morgan fingerprint density at radius 2 is 1.22 bits per heavy atom. The van der Waals surface area contributed by atoms with Crippen LogP contribution in [-0.2, 0) is 25.9 Å². The molecule has 1 heteroatoms. The second kappa shape index (κ2) is 10.7. The van der Waals surface area contributed by atoms with Crippen LogP contribution in [0.2, 0.25) is 0 Å². The Hall–Kier alpha value is -1.60. The lowest BCUT2D eigenvalue weighted by Crippen LogP contribution is -2.16. The zero-order valence-corrected chi connectivity index (χ0v) is 17.0. The Labute approximate surface area is 165 Å². The van der Waals surface area contributed by atoms with E-state index in [0.717, 1.165) is 23.8 Å². The molecule has 3 rings (SSSR count). The van der Waals surface area contributed by atoms with Gasteiger partial charge >= 0.3 is 0 Å². The van der Waals surface area contributed by atoms with Gasteiger partial charge in [-0.05, 0) is 66.2 Å². The maximum Gasteiger partial charge on any atom is 0.0684 e. The Kier molecular flexibility index (Phi) is 7.95. The highest BCUT2D eigenvalue weighted by atomic mass is 16.3. The van der Waals surface area contributed by atoms with E-state index in [1.54, 1.807) is 0 Å². The van der Waals surface area contributed by atoms with Crippen molar-refractivity contribution in [3.05, 3.63) is 70.8 Å². The summed E-state index contributed by atoms with van der Waals surface area (Å²) < 4.78 is 0. The summed E-state index contributed by atoms with van der Waals surface area (Å²) in [7, 11) is 0. The van der Waals surface area contributed by atoms with Crippen LogP contribution in [0, 0.1) is 11.8 Å². The van der Waals surface area contributed by atoms with Crippen LogP contribution >= 0.6 is 0 Å². The molecule has 0 amide bonds. The third kappa shape index (κ3) is 6.21. The van der Waals surface area contributed by atoms with Crippen molar-refractivity contribution in [1.29, 1.82) is 0 Å². The molecule has 1 fully saturated rings. The predicted molar refractivity (Wildman–Crippen MR) is 115 cm³/mol. The standard InChI is InChI=1S/C26H36O/c1-2-5-21-8-10-22(11-9-21)12-13-23-14-16-24(17-15-23)18-19-25-6-3-4-7-26(25)20-27/h3-4,6-11,23-24,27H,2,5,12-20H2,1H3/t23-,24-. The summed E-state index contributed by atoms with van der Waals surface area (Å²) in [5.74, 6) is 1.79. The predicted octanol–water partition coefficient (Wildman–Crippen LogP) is 6.50. The van der Waals surface area contributed by atoms with Crippen LogP contribution in [0.15, 0.2) is 48.5 Å². The summed E-state index contributed by atoms with van der Waals surface area (Å²) in [6, 6.07) is 17.7. The molecular weight excluding hydrogens is 328 g/mol. The van der Waals surface area contributed by atoms with Gasteiger partial charge in [-0.2, -0.15) is 0 Å². The molecule has 2 aromatic carbocycles. The minimum absolute atomic E-state index is 0.169. The van der Waals surface area contributed by atoms with Gasteiger partial charge in [-0.25, -0.2) is 0 Å². The van der Waals surface area contributed by atoms with E-state index >= 15 is 0 Å². The average Bonchev–Trinajstić information content (AvgIpc) is 2.73. The zero-order valence-electron chi connectivity index (χ0n) is 17.0. The number of rotatable bonds is 9. The molecule has 0 spiro atoms. The molecule has 0 bridgehead atoms. The molecule has 1 nitrogen and oxygen atoms in total. The summed E-state index contributed by atoms with van der Waals surface area (Å²) in [4.78, 5) is 0. The van der Waals surface area contributed by atoms with Gasteiger partial charge in [0.1, 0.15) is 0 Å². The number of aliphatic hydroxyl groups is 1. The molecular formula is C26H36O. The molecule has 0 heterocycles. The van der Waals surface area contributed by atoms with Gasteiger partial charge in [0.2, 0.25) is 0 Å². The van der Waals surface area contributed by atoms with E-state index in [4.69, 9.17) is 0 Å². The van der Waals surface area contributed by atoms with E-state index in [-0.39, 0.29) is 6.61 Å². The summed E-state index contributed by atoms with van der Waals surface area (Å²) in [5.41, 5.74) is 5.44. The second-order valence-electron chi connectivity index (χ2n) is 8.46. The van der Waals surface area contributed by atoms with Crippen LogP contribution < -0.4 is 0 Å². The van der Waals surface area contributed by atoms with Gasteiger partial charge in [-0.3, -0.25) is 0 Å². The van der Waals surface area contributed by atoms with Gasteiger partial charge in [-0.15, -0.1) is 0 Å². The van der Waals surface area contributed by atoms with E-state index in [2.05, 4.69) is 49.4 Å². The number of hydrogen-bond acceptors (Lipinski definition) is 1. The van der Waals surface area contributed by atoms with Crippen molar-refractivity contribution < 1.29 is 5.11 Å². The van der Waals surface area contributed by atoms with Gasteiger partial charge in [-0.1, -0.05) is 87.6 Å². The molecule has 0 aliphatic heterocycles. The van der Waals surface area contributed by atoms with E-state index < -0.39 is 0 Å². The van der Waals surface area contributed by atoms with Gasteiger partial charge in [0.15, 0.2) is 0 Å². The minimum Gasteiger partial charge on any atom is -0.392 e. The van der Waals surface area contributed by atoms with Crippen LogP contribution in [0.4, 0.5) is 0 Å². The number of aliphatic hydroxyl groups excluding tert-OH is 1. The molecule has 0 saturated heterocycles. The Bertz CT molecular complexity index is 665. The smallest absolute Gasteiger partial charge is 0.0684 e. The summed E-state index contributed by atoms with van der Waals surface area (Å²) in [5, 5.41) is 9.48. The first-order valence-corrected chi connectivity index (χ1v) is 11.0. The molecule has 146 valence electrons. The normalized spacial score (nSPS) is 19.9. The van der Waals surface area contributed by atoms with E-state index in [9.17, 15) is 5.11 Å². The van der Waals surface area contributed by atoms with Crippen molar-refractivity contribution in [3.8, 4) is 0 Å². The summed E-state index contributed by atoms with van der Waals surface area (Å²) in [6.07, 6.45) is 13.0. The molecule has 0 unspecified atom stereocenters. The monoisotopic (exact) mass is 364 g/mol. The van der Waals surface area contributed by atoms with Crippen LogP contribution in [0.25, 0.3) is 0 Å². The lowest BCUT2D eigenvalue weighted by molar-refractivity contribution is 0.252. The lowest BCUT2D eigenvalue weighted by Gasteiger charge is -2.28. The highest BCUT2D eigenvalue weighted by Gasteiger charge is 2.21. The van der Waals surface area contributed by atoms with Crippen LogP contribution in [-0.4, -0.2) is 5.11 Å². The van der Waals surface area contributed by atoms with Crippen molar-refractivity contribution >= 4 is 0 Å². The Balaban J connectivity index is 1.37. The fraction of sp³-hybridized carbons (Fsp3) is 0.538. The molecule has 1 saturated carbocycles. The second-order valence-corrected chi connectivity index (χ2v) is 8.46. The Morgan fingerprint density at radius 3 is 1.78 bits per heavy atom. The summed E-state index contributed by atoms with van der Waals surface area (Å²) in [6.45, 7) is 2.41. The van der Waals surface area contributed by atoms with Crippen molar-refractivity contribution in [2.24, 2.45) is 11.8 Å². The van der Waals surface area contributed by atoms with Crippen molar-refractivity contribution in [1.82, 2.24) is 0 Å². The number of aryl methyl sites for hydroxylation is 3. The van der Waals surface area contributed by atoms with E-state index in [1.165, 1.54) is 74.5 Å². The zero-order chi connectivity index (χ0) is 18.9. The molecule has 27 heavy (non-hydrogen) atoms. The lowest BCUT2D eigenvalue weighted by atomic mass is 9.77. The van der Waals surface area contributed by atoms with Crippen molar-refractivity contribution in [2.45, 2.75) is 77.7 Å². The molecule has 0 aromatic heterocycles. The van der Waals surface area contributed by atoms with Gasteiger partial charge < -0.3 is 5.11 Å². The van der Waals surface area contributed by atoms with E-state index in [1.807, 2.05) is 6.07 Å². The van der Waals surface area contributed by atoms with Crippen molar-refractivity contribution in [2.75, 3.05) is 0 Å². The first-order valence-electron chi connectivity index (χ1n) is 11.0. The maximum absolute atomic E-state index is 9.48. The first-order chi connectivity index (χ1) is 13.3. The molecule has 1 aliphatic carbocycles. The fourth-order valence-electron chi connectivity index (χ4n) is 4.66. The highest BCUT2D eigenvalue weighted by Crippen LogP contribution is 2.34. The first kappa shape index (κ1) is 20.1. The highest BCUT2D eigenvalue weighted by molar-refractivity contribution is 5.26. The third-order valence-corrected chi connectivity index (χ3v) is 6.48. The molecule has 1 N–H and O–H groups in total. The quantitative estimate of drug-likeness (QED) is 0.538. The number of benzene rings is 2. The van der Waals surface area contributed by atoms with Gasteiger partial charge in [0.25, 0.3) is 0 Å². The van der Waals surface area contributed by atoms with Crippen LogP contribution in [0.3, 0.4) is 0 Å². The average molecular weight is 365 g/mol. The molecule has 0 radical (unpaired) electrons. The molecule has 2 aromatic rings. The molecule has 0 atom stereocenters. The van der Waals surface area contributed by atoms with Crippen LogP contribution in [0.5, 0.6) is 0 Å². The fourth-order valence-corrected chi connectivity index (χ4v) is 4.66. The summed E-state index contributed by atoms with van der Waals surface area (Å²) >= 11 is 0. The van der Waals surface area contributed by atoms with Crippen LogP contribution in [0.1, 0.15) is 74.1 Å². The molecule has 1 aliphatic rings. The van der Waals surface area contributed by atoms with Gasteiger partial charge in [0.05, 0.1) is 6.61 Å². The van der Waals surface area contributed by atoms with E-state index in [0.29, 0.717) is 0 Å². The minimum atomic E-state index is 0.169. The maximum atomic E-state index is 9.48.